The highest BCUT2D eigenvalue weighted by atomic mass is 32.1. The fraction of sp³-hybridized carbons (Fsp3) is 0.727. The summed E-state index contributed by atoms with van der Waals surface area (Å²) >= 11 is 1.42. The molecule has 1 atom stereocenters. The van der Waals surface area contributed by atoms with E-state index in [1.165, 1.54) is 11.3 Å². The summed E-state index contributed by atoms with van der Waals surface area (Å²) in [6.45, 7) is 3.12. The number of aryl methyl sites for hydroxylation is 1. The van der Waals surface area contributed by atoms with Gasteiger partial charge in [0.25, 0.3) is 0 Å². The number of aliphatic hydroxyl groups excluding tert-OH is 1. The van der Waals surface area contributed by atoms with Gasteiger partial charge in [-0.25, -0.2) is 4.79 Å². The first-order valence-corrected chi connectivity index (χ1v) is 7.07. The predicted molar refractivity (Wildman–Crippen MR) is 69.7 cm³/mol. The van der Waals surface area contributed by atoms with Crippen molar-refractivity contribution < 1.29 is 9.90 Å². The molecule has 0 unspecified atom stereocenters. The number of β-amino-alcohol motifs (C(OH)–C–C–N with tert-alkyl or cyclic N) is 1. The normalized spacial score (nSPS) is 19.2. The van der Waals surface area contributed by atoms with E-state index in [1.807, 2.05) is 0 Å². The van der Waals surface area contributed by atoms with Crippen LogP contribution in [0, 0.1) is 0 Å². The van der Waals surface area contributed by atoms with Crippen LogP contribution in [0.5, 0.6) is 0 Å². The van der Waals surface area contributed by atoms with Gasteiger partial charge in [-0.2, -0.15) is 0 Å². The third kappa shape index (κ3) is 3.39. The van der Waals surface area contributed by atoms with Gasteiger partial charge < -0.3 is 10.0 Å². The summed E-state index contributed by atoms with van der Waals surface area (Å²) in [6.07, 6.45) is 3.36. The van der Waals surface area contributed by atoms with Crippen molar-refractivity contribution in [3.63, 3.8) is 0 Å². The number of rotatable bonds is 4. The van der Waals surface area contributed by atoms with Crippen molar-refractivity contribution in [1.29, 1.82) is 0 Å². The molecule has 2 heterocycles. The van der Waals surface area contributed by atoms with Crippen LogP contribution in [0.4, 0.5) is 9.93 Å². The molecule has 1 aliphatic rings. The van der Waals surface area contributed by atoms with E-state index < -0.39 is 6.10 Å². The molecule has 18 heavy (non-hydrogen) atoms. The molecular weight excluding hydrogens is 252 g/mol. The Kier molecular flexibility index (Phi) is 4.48. The Labute approximate surface area is 110 Å². The lowest BCUT2D eigenvalue weighted by Crippen LogP contribution is -2.33. The van der Waals surface area contributed by atoms with Gasteiger partial charge in [0.15, 0.2) is 0 Å². The Balaban J connectivity index is 1.85. The number of amides is 2. The van der Waals surface area contributed by atoms with Crippen LogP contribution in [-0.2, 0) is 6.42 Å². The molecule has 0 aromatic carbocycles. The van der Waals surface area contributed by atoms with E-state index in [0.717, 1.165) is 24.3 Å². The minimum Gasteiger partial charge on any atom is -0.391 e. The first-order chi connectivity index (χ1) is 8.69. The molecule has 1 aromatic heterocycles. The number of carbonyl (C=O) groups is 1. The van der Waals surface area contributed by atoms with Crippen LogP contribution in [0.3, 0.4) is 0 Å². The number of unbranched alkanes of at least 4 members (excludes halogenated alkanes) is 1. The van der Waals surface area contributed by atoms with Crippen molar-refractivity contribution in [2.45, 2.75) is 38.7 Å². The Bertz CT molecular complexity index is 410. The highest BCUT2D eigenvalue weighted by Gasteiger charge is 2.25. The molecule has 100 valence electrons. The SMILES string of the molecule is CCCCc1nnc(NC(=O)N2CC[C@@H](O)C2)s1. The average Bonchev–Trinajstić information content (AvgIpc) is 2.96. The molecule has 1 saturated heterocycles. The molecular formula is C11H18N4O2S. The molecule has 0 saturated carbocycles. The van der Waals surface area contributed by atoms with Crippen LogP contribution >= 0.6 is 11.3 Å². The second-order valence-corrected chi connectivity index (χ2v) is 5.49. The van der Waals surface area contributed by atoms with E-state index in [0.29, 0.717) is 24.6 Å². The predicted octanol–water partition coefficient (Wildman–Crippen LogP) is 1.48. The van der Waals surface area contributed by atoms with Crippen molar-refractivity contribution in [2.24, 2.45) is 0 Å². The molecule has 0 aliphatic carbocycles. The summed E-state index contributed by atoms with van der Waals surface area (Å²) in [7, 11) is 0. The summed E-state index contributed by atoms with van der Waals surface area (Å²) in [5.41, 5.74) is 0. The summed E-state index contributed by atoms with van der Waals surface area (Å²) in [5, 5.41) is 21.6. The number of likely N-dealkylation sites (tertiary alicyclic amines) is 1. The number of nitrogens with zero attached hydrogens (tertiary/aromatic N) is 3. The second-order valence-electron chi connectivity index (χ2n) is 4.42. The van der Waals surface area contributed by atoms with Gasteiger partial charge in [0.1, 0.15) is 5.01 Å². The second kappa shape index (κ2) is 6.10. The number of aromatic nitrogens is 2. The molecule has 1 aromatic rings. The van der Waals surface area contributed by atoms with E-state index in [1.54, 1.807) is 4.90 Å². The topological polar surface area (TPSA) is 78.4 Å². The van der Waals surface area contributed by atoms with Crippen molar-refractivity contribution in [2.75, 3.05) is 18.4 Å². The lowest BCUT2D eigenvalue weighted by molar-refractivity contribution is 0.176. The highest BCUT2D eigenvalue weighted by Crippen LogP contribution is 2.18. The zero-order chi connectivity index (χ0) is 13.0. The Hall–Kier alpha value is -1.21. The largest absolute Gasteiger partial charge is 0.391 e. The van der Waals surface area contributed by atoms with Gasteiger partial charge in [0, 0.05) is 19.5 Å². The van der Waals surface area contributed by atoms with Gasteiger partial charge in [-0.05, 0) is 12.8 Å². The molecule has 0 spiro atoms. The highest BCUT2D eigenvalue weighted by molar-refractivity contribution is 7.15. The van der Waals surface area contributed by atoms with Crippen molar-refractivity contribution in [3.8, 4) is 0 Å². The Morgan fingerprint density at radius 3 is 3.11 bits per heavy atom. The third-order valence-electron chi connectivity index (χ3n) is 2.88. The van der Waals surface area contributed by atoms with E-state index in [9.17, 15) is 9.90 Å². The van der Waals surface area contributed by atoms with Crippen molar-refractivity contribution in [1.82, 2.24) is 15.1 Å². The maximum Gasteiger partial charge on any atom is 0.323 e. The Morgan fingerprint density at radius 2 is 2.44 bits per heavy atom. The van der Waals surface area contributed by atoms with Gasteiger partial charge in [0.2, 0.25) is 5.13 Å². The number of nitrogens with one attached hydrogen (secondary N) is 1. The number of urea groups is 1. The maximum absolute atomic E-state index is 11.8. The van der Waals surface area contributed by atoms with Crippen LogP contribution in [0.1, 0.15) is 31.2 Å². The third-order valence-corrected chi connectivity index (χ3v) is 3.77. The molecule has 2 N–H and O–H groups in total. The van der Waals surface area contributed by atoms with Crippen LogP contribution in [0.2, 0.25) is 0 Å². The fourth-order valence-corrected chi connectivity index (χ4v) is 2.60. The molecule has 0 radical (unpaired) electrons. The molecule has 2 rings (SSSR count). The van der Waals surface area contributed by atoms with Crippen LogP contribution in [-0.4, -0.2) is 45.4 Å². The first kappa shape index (κ1) is 13.2. The average molecular weight is 270 g/mol. The Morgan fingerprint density at radius 1 is 1.61 bits per heavy atom. The molecule has 1 aliphatic heterocycles. The zero-order valence-electron chi connectivity index (χ0n) is 10.4. The van der Waals surface area contributed by atoms with Crippen molar-refractivity contribution >= 4 is 22.5 Å². The van der Waals surface area contributed by atoms with Crippen LogP contribution < -0.4 is 5.32 Å². The molecule has 1 fully saturated rings. The zero-order valence-corrected chi connectivity index (χ0v) is 11.2. The van der Waals surface area contributed by atoms with Gasteiger partial charge >= 0.3 is 6.03 Å². The first-order valence-electron chi connectivity index (χ1n) is 6.25. The monoisotopic (exact) mass is 270 g/mol. The van der Waals surface area contributed by atoms with Gasteiger partial charge in [0.05, 0.1) is 6.10 Å². The van der Waals surface area contributed by atoms with E-state index in [4.69, 9.17) is 0 Å². The van der Waals surface area contributed by atoms with E-state index >= 15 is 0 Å². The smallest absolute Gasteiger partial charge is 0.323 e. The van der Waals surface area contributed by atoms with Gasteiger partial charge in [-0.3, -0.25) is 5.32 Å². The van der Waals surface area contributed by atoms with Crippen LogP contribution in [0.25, 0.3) is 0 Å². The quantitative estimate of drug-likeness (QED) is 0.868. The molecule has 0 bridgehead atoms. The van der Waals surface area contributed by atoms with Gasteiger partial charge in [-0.1, -0.05) is 24.7 Å². The minimum absolute atomic E-state index is 0.204. The summed E-state index contributed by atoms with van der Waals surface area (Å²) in [5.74, 6) is 0. The minimum atomic E-state index is -0.398. The molecule has 7 heteroatoms. The fourth-order valence-electron chi connectivity index (χ4n) is 1.83. The summed E-state index contributed by atoms with van der Waals surface area (Å²) in [6, 6.07) is -0.204. The number of aliphatic hydroxyl groups is 1. The van der Waals surface area contributed by atoms with E-state index in [-0.39, 0.29) is 6.03 Å². The number of hydrogen-bond donors (Lipinski definition) is 2. The van der Waals surface area contributed by atoms with Crippen LogP contribution in [0.15, 0.2) is 0 Å². The van der Waals surface area contributed by atoms with E-state index in [2.05, 4.69) is 22.4 Å². The lowest BCUT2D eigenvalue weighted by Gasteiger charge is -2.14. The summed E-state index contributed by atoms with van der Waals surface area (Å²) in [4.78, 5) is 13.4. The number of anilines is 1. The standard InChI is InChI=1S/C11H18N4O2S/c1-2-3-4-9-13-14-10(18-9)12-11(17)15-6-5-8(16)7-15/h8,16H,2-7H2,1H3,(H,12,14,17)/t8-/m1/s1. The number of carbonyl (C=O) groups excluding carboxylic acids is 1. The molecule has 2 amide bonds. The maximum atomic E-state index is 11.8. The molecule has 6 nitrogen and oxygen atoms in total. The van der Waals surface area contributed by atoms with Gasteiger partial charge in [-0.15, -0.1) is 10.2 Å². The summed E-state index contributed by atoms with van der Waals surface area (Å²) < 4.78 is 0. The number of hydrogen-bond acceptors (Lipinski definition) is 5. The van der Waals surface area contributed by atoms with Crippen molar-refractivity contribution in [3.05, 3.63) is 5.01 Å². The lowest BCUT2D eigenvalue weighted by atomic mass is 10.3.